The van der Waals surface area contributed by atoms with E-state index in [0.717, 1.165) is 58.1 Å². The van der Waals surface area contributed by atoms with Crippen molar-refractivity contribution in [2.24, 2.45) is 10.7 Å². The van der Waals surface area contributed by atoms with Crippen LogP contribution in [0.25, 0.3) is 16.8 Å². The molecule has 220 valence electrons. The number of ether oxygens (including phenoxy) is 1. The third-order valence-corrected chi connectivity index (χ3v) is 7.09. The van der Waals surface area contributed by atoms with Gasteiger partial charge in [-0.25, -0.2) is 4.79 Å². The summed E-state index contributed by atoms with van der Waals surface area (Å²) in [5.74, 6) is -0.983. The van der Waals surface area contributed by atoms with E-state index in [9.17, 15) is 13.2 Å². The maximum Gasteiger partial charge on any atom is 0.490 e. The molecule has 2 aromatic heterocycles. The van der Waals surface area contributed by atoms with Crippen LogP contribution >= 0.6 is 11.6 Å². The first kappa shape index (κ1) is 29.4. The van der Waals surface area contributed by atoms with Crippen LogP contribution in [-0.4, -0.2) is 67.3 Å². The number of halogens is 4. The van der Waals surface area contributed by atoms with Crippen LogP contribution in [0.3, 0.4) is 0 Å². The molecule has 0 bridgehead atoms. The molecule has 3 heterocycles. The number of alkyl halides is 3. The van der Waals surface area contributed by atoms with E-state index in [1.807, 2.05) is 48.3 Å². The largest absolute Gasteiger partial charge is 0.490 e. The number of nitrogens with two attached hydrogens (primary N) is 1. The predicted molar refractivity (Wildman–Crippen MR) is 149 cm³/mol. The van der Waals surface area contributed by atoms with Gasteiger partial charge in [-0.2, -0.15) is 18.3 Å². The highest BCUT2D eigenvalue weighted by molar-refractivity contribution is 6.30. The number of aryl methyl sites for hydroxylation is 1. The molecule has 1 aliphatic carbocycles. The molecule has 3 N–H and O–H groups in total. The lowest BCUT2D eigenvalue weighted by atomic mass is 9.96. The van der Waals surface area contributed by atoms with Gasteiger partial charge in [0.05, 0.1) is 37.4 Å². The van der Waals surface area contributed by atoms with Gasteiger partial charge in [-0.15, -0.1) is 10.2 Å². The van der Waals surface area contributed by atoms with Gasteiger partial charge in [0.15, 0.2) is 5.82 Å². The molecule has 0 amide bonds. The lowest BCUT2D eigenvalue weighted by Gasteiger charge is -2.14. The normalized spacial score (nSPS) is 14.8. The second kappa shape index (κ2) is 11.7. The minimum absolute atomic E-state index is 0.330. The number of benzene rings is 2. The Hall–Kier alpha value is -4.07. The quantitative estimate of drug-likeness (QED) is 0.297. The lowest BCUT2D eigenvalue weighted by Crippen LogP contribution is -2.21. The summed E-state index contributed by atoms with van der Waals surface area (Å²) in [7, 11) is 0. The zero-order chi connectivity index (χ0) is 30.1. The van der Waals surface area contributed by atoms with E-state index in [1.54, 1.807) is 0 Å². The number of carboxylic acids is 1. The molecule has 1 spiro atoms. The summed E-state index contributed by atoms with van der Waals surface area (Å²) < 4.78 is 41.3. The first-order valence-corrected chi connectivity index (χ1v) is 13.4. The fourth-order valence-corrected chi connectivity index (χ4v) is 4.76. The Kier molecular flexibility index (Phi) is 8.17. The molecule has 42 heavy (non-hydrogen) atoms. The second-order valence-corrected chi connectivity index (χ2v) is 10.3. The van der Waals surface area contributed by atoms with Crippen molar-refractivity contribution in [1.29, 1.82) is 0 Å². The average molecular weight is 602 g/mol. The zero-order valence-corrected chi connectivity index (χ0v) is 23.2. The number of aliphatic carboxylic acids is 1. The van der Waals surface area contributed by atoms with Crippen molar-refractivity contribution in [3.05, 3.63) is 82.7 Å². The topological polar surface area (TPSA) is 133 Å². The third-order valence-electron chi connectivity index (χ3n) is 6.84. The van der Waals surface area contributed by atoms with Crippen LogP contribution in [0.5, 0.6) is 0 Å². The molecular formula is C28H27ClF3N7O3. The van der Waals surface area contributed by atoms with E-state index in [1.165, 1.54) is 0 Å². The van der Waals surface area contributed by atoms with Crippen LogP contribution in [0.1, 0.15) is 35.6 Å². The van der Waals surface area contributed by atoms with Gasteiger partial charge in [-0.05, 0) is 49.6 Å². The van der Waals surface area contributed by atoms with E-state index in [-0.39, 0.29) is 5.54 Å². The van der Waals surface area contributed by atoms with Gasteiger partial charge in [0, 0.05) is 34.5 Å². The fourth-order valence-electron chi connectivity index (χ4n) is 4.64. The second-order valence-electron chi connectivity index (χ2n) is 9.83. The first-order valence-electron chi connectivity index (χ1n) is 13.1. The highest BCUT2D eigenvalue weighted by atomic mass is 35.5. The SMILES string of the molecule is Cc1nnc2n1-c1ccc(-c3cnn(CCOCCN)c3)cc1C(c1ccc(Cl)cc1)=NC21CC1.O=C(O)C(F)(F)F. The number of carboxylic acid groups (broad SMARTS) is 1. The van der Waals surface area contributed by atoms with Gasteiger partial charge >= 0.3 is 12.1 Å². The maximum absolute atomic E-state index is 10.6. The molecular weight excluding hydrogens is 575 g/mol. The number of aromatic nitrogens is 5. The van der Waals surface area contributed by atoms with Crippen molar-refractivity contribution in [2.75, 3.05) is 19.8 Å². The van der Waals surface area contributed by atoms with Crippen LogP contribution in [0.4, 0.5) is 13.2 Å². The van der Waals surface area contributed by atoms with Gasteiger partial charge in [0.25, 0.3) is 0 Å². The van der Waals surface area contributed by atoms with Gasteiger partial charge in [-0.1, -0.05) is 29.8 Å². The molecule has 0 unspecified atom stereocenters. The van der Waals surface area contributed by atoms with Crippen LogP contribution in [0.15, 0.2) is 59.9 Å². The number of fused-ring (bicyclic) bond motifs is 4. The Balaban J connectivity index is 0.000000451. The summed E-state index contributed by atoms with van der Waals surface area (Å²) in [5.41, 5.74) is 11.3. The van der Waals surface area contributed by atoms with Crippen molar-refractivity contribution in [3.8, 4) is 16.8 Å². The van der Waals surface area contributed by atoms with Gasteiger partial charge < -0.3 is 15.6 Å². The molecule has 1 saturated carbocycles. The first-order chi connectivity index (χ1) is 20.0. The number of nitrogens with zero attached hydrogens (tertiary/aromatic N) is 6. The van der Waals surface area contributed by atoms with Crippen molar-refractivity contribution < 1.29 is 27.8 Å². The van der Waals surface area contributed by atoms with Crippen molar-refractivity contribution >= 4 is 23.3 Å². The molecule has 1 fully saturated rings. The Bertz CT molecular complexity index is 1630. The summed E-state index contributed by atoms with van der Waals surface area (Å²) in [4.78, 5) is 14.2. The lowest BCUT2D eigenvalue weighted by molar-refractivity contribution is -0.192. The number of aliphatic imine (C=N–C) groups is 1. The zero-order valence-electron chi connectivity index (χ0n) is 22.5. The van der Waals surface area contributed by atoms with Crippen LogP contribution in [0.2, 0.25) is 5.02 Å². The summed E-state index contributed by atoms with van der Waals surface area (Å²) in [5, 5.41) is 21.3. The smallest absolute Gasteiger partial charge is 0.475 e. The van der Waals surface area contributed by atoms with E-state index in [4.69, 9.17) is 37.0 Å². The van der Waals surface area contributed by atoms with Crippen molar-refractivity contribution in [1.82, 2.24) is 24.5 Å². The third kappa shape index (κ3) is 6.08. The van der Waals surface area contributed by atoms with Gasteiger partial charge in [0.2, 0.25) is 0 Å². The van der Waals surface area contributed by atoms with Crippen molar-refractivity contribution in [2.45, 2.75) is 38.0 Å². The summed E-state index contributed by atoms with van der Waals surface area (Å²) >= 11 is 6.20. The molecule has 2 aliphatic rings. The number of rotatable bonds is 7. The summed E-state index contributed by atoms with van der Waals surface area (Å²) in [6.07, 6.45) is 0.767. The minimum atomic E-state index is -5.08. The van der Waals surface area contributed by atoms with E-state index >= 15 is 0 Å². The highest BCUT2D eigenvalue weighted by Crippen LogP contribution is 2.51. The molecule has 14 heteroatoms. The Morgan fingerprint density at radius 1 is 1.10 bits per heavy atom. The molecule has 0 saturated heterocycles. The summed E-state index contributed by atoms with van der Waals surface area (Å²) in [6.45, 7) is 4.32. The Labute approximate surface area is 243 Å². The average Bonchev–Trinajstić information content (AvgIpc) is 3.43. The van der Waals surface area contributed by atoms with Crippen LogP contribution < -0.4 is 5.73 Å². The number of carbonyl (C=O) groups is 1. The summed E-state index contributed by atoms with van der Waals surface area (Å²) in [6, 6.07) is 14.3. The van der Waals surface area contributed by atoms with Crippen molar-refractivity contribution in [3.63, 3.8) is 0 Å². The monoisotopic (exact) mass is 601 g/mol. The molecule has 0 atom stereocenters. The highest BCUT2D eigenvalue weighted by Gasteiger charge is 2.51. The van der Waals surface area contributed by atoms with Gasteiger partial charge in [0.1, 0.15) is 11.4 Å². The molecule has 4 aromatic rings. The molecule has 2 aromatic carbocycles. The van der Waals surface area contributed by atoms with Gasteiger partial charge in [-0.3, -0.25) is 14.2 Å². The fraction of sp³-hybridized carbons (Fsp3) is 0.321. The molecule has 1 aliphatic heterocycles. The predicted octanol–water partition coefficient (Wildman–Crippen LogP) is 4.54. The Morgan fingerprint density at radius 3 is 2.43 bits per heavy atom. The Morgan fingerprint density at radius 2 is 1.79 bits per heavy atom. The molecule has 6 rings (SSSR count). The standard InChI is InChI=1S/C26H26ClN7O.C2HF3O2/c1-17-31-32-25-26(8-9-26)30-24(18-2-5-21(27)6-3-18)22-14-19(4-7-23(22)34(17)25)20-15-29-33(16-20)11-13-35-12-10-28;3-2(4,5)1(6)7/h2-7,14-16H,8-13,28H2,1H3;(H,6,7). The van der Waals surface area contributed by atoms with Crippen LogP contribution in [-0.2, 0) is 21.6 Å². The molecule has 10 nitrogen and oxygen atoms in total. The number of hydrogen-bond acceptors (Lipinski definition) is 7. The van der Waals surface area contributed by atoms with E-state index < -0.39 is 12.1 Å². The van der Waals surface area contributed by atoms with E-state index in [0.29, 0.717) is 31.3 Å². The maximum atomic E-state index is 10.6. The van der Waals surface area contributed by atoms with E-state index in [2.05, 4.69) is 38.1 Å². The minimum Gasteiger partial charge on any atom is -0.475 e. The molecule has 0 radical (unpaired) electrons. The van der Waals surface area contributed by atoms with Crippen LogP contribution in [0, 0.1) is 6.92 Å². The number of hydrogen-bond donors (Lipinski definition) is 2.